The molecule has 0 atom stereocenters. The minimum absolute atomic E-state index is 0.0293. The predicted molar refractivity (Wildman–Crippen MR) is 48.6 cm³/mol. The number of carbonyl (C=O) groups is 2. The summed E-state index contributed by atoms with van der Waals surface area (Å²) in [5.41, 5.74) is 0. The molecule has 13 heavy (non-hydrogen) atoms. The molecule has 0 saturated heterocycles. The molecule has 0 rings (SSSR count). The fourth-order valence-corrected chi connectivity index (χ4v) is 1.89. The van der Waals surface area contributed by atoms with Crippen molar-refractivity contribution in [2.75, 3.05) is 13.2 Å². The van der Waals surface area contributed by atoms with E-state index in [1.165, 1.54) is 0 Å². The molecule has 0 aliphatic heterocycles. The number of rotatable bonds is 6. The second-order valence-corrected chi connectivity index (χ2v) is 4.17. The van der Waals surface area contributed by atoms with Crippen LogP contribution in [-0.4, -0.2) is 40.1 Å². The average molecular weight is 253 g/mol. The fraction of sp³-hybridized carbons (Fsp3) is 0.750. The first-order valence-electron chi connectivity index (χ1n) is 4.09. The molecule has 0 amide bonds. The molecule has 0 saturated carbocycles. The van der Waals surface area contributed by atoms with Crippen molar-refractivity contribution in [3.63, 3.8) is 0 Å². The van der Waals surface area contributed by atoms with Gasteiger partial charge in [0.1, 0.15) is 0 Å². The Hall–Kier alpha value is -0.541. The minimum atomic E-state index is -0.230. The van der Waals surface area contributed by atoms with Crippen molar-refractivity contribution in [1.82, 2.24) is 0 Å². The molecular formula is C8H14O4Se. The van der Waals surface area contributed by atoms with Crippen molar-refractivity contribution in [2.24, 2.45) is 0 Å². The molecule has 0 spiro atoms. The fourth-order valence-electron chi connectivity index (χ4n) is 0.623. The van der Waals surface area contributed by atoms with Gasteiger partial charge in [0.25, 0.3) is 0 Å². The van der Waals surface area contributed by atoms with Crippen LogP contribution in [0.4, 0.5) is 0 Å². The van der Waals surface area contributed by atoms with E-state index in [0.717, 1.165) is 0 Å². The van der Waals surface area contributed by atoms with E-state index in [9.17, 15) is 9.59 Å². The number of esters is 2. The van der Waals surface area contributed by atoms with E-state index >= 15 is 0 Å². The molecule has 4 nitrogen and oxygen atoms in total. The van der Waals surface area contributed by atoms with Gasteiger partial charge in [0.15, 0.2) is 0 Å². The number of hydrogen-bond donors (Lipinski definition) is 0. The van der Waals surface area contributed by atoms with Crippen LogP contribution in [0.5, 0.6) is 0 Å². The third-order valence-corrected chi connectivity index (χ3v) is 2.90. The summed E-state index contributed by atoms with van der Waals surface area (Å²) in [4.78, 5) is 21.6. The molecule has 76 valence electrons. The molecular weight excluding hydrogens is 239 g/mol. The van der Waals surface area contributed by atoms with E-state index in [1.807, 2.05) is 0 Å². The molecule has 0 aromatic rings. The van der Waals surface area contributed by atoms with Crippen LogP contribution >= 0.6 is 0 Å². The van der Waals surface area contributed by atoms with Crippen LogP contribution in [0.15, 0.2) is 0 Å². The van der Waals surface area contributed by atoms with E-state index in [-0.39, 0.29) is 26.9 Å². The van der Waals surface area contributed by atoms with Crippen molar-refractivity contribution in [2.45, 2.75) is 24.5 Å². The zero-order valence-electron chi connectivity index (χ0n) is 7.87. The van der Waals surface area contributed by atoms with Crippen molar-refractivity contribution in [3.8, 4) is 0 Å². The number of ether oxygens (including phenoxy) is 2. The summed E-state index contributed by atoms with van der Waals surface area (Å²) in [7, 11) is 0. The molecule has 0 radical (unpaired) electrons. The van der Waals surface area contributed by atoms with Gasteiger partial charge in [-0.2, -0.15) is 0 Å². The van der Waals surface area contributed by atoms with Crippen molar-refractivity contribution in [1.29, 1.82) is 0 Å². The third kappa shape index (κ3) is 7.81. The van der Waals surface area contributed by atoms with Crippen molar-refractivity contribution >= 4 is 26.9 Å². The molecule has 0 N–H and O–H groups in total. The molecule has 0 aliphatic carbocycles. The topological polar surface area (TPSA) is 52.6 Å². The van der Waals surface area contributed by atoms with Gasteiger partial charge in [-0.15, -0.1) is 0 Å². The third-order valence-electron chi connectivity index (χ3n) is 1.05. The first-order valence-corrected chi connectivity index (χ1v) is 6.52. The van der Waals surface area contributed by atoms with E-state index in [4.69, 9.17) is 9.47 Å². The molecule has 0 fully saturated rings. The van der Waals surface area contributed by atoms with Gasteiger partial charge in [-0.3, -0.25) is 0 Å². The maximum absolute atomic E-state index is 10.8. The number of hydrogen-bond acceptors (Lipinski definition) is 4. The van der Waals surface area contributed by atoms with Crippen LogP contribution in [0.3, 0.4) is 0 Å². The maximum atomic E-state index is 10.8. The quantitative estimate of drug-likeness (QED) is 0.515. The summed E-state index contributed by atoms with van der Waals surface area (Å²) in [6.07, 6.45) is 0. The van der Waals surface area contributed by atoms with Crippen molar-refractivity contribution < 1.29 is 19.1 Å². The standard InChI is InChI=1S/C8H14O4Se/c1-3-11-7(9)5-13-6-8(10)12-4-2/h3-6H2,1-2H3. The Balaban J connectivity index is 3.33. The van der Waals surface area contributed by atoms with Gasteiger partial charge in [0.05, 0.1) is 0 Å². The van der Waals surface area contributed by atoms with Crippen LogP contribution in [0.1, 0.15) is 13.8 Å². The Morgan fingerprint density at radius 1 is 1.00 bits per heavy atom. The molecule has 0 aliphatic rings. The Kier molecular flexibility index (Phi) is 7.74. The van der Waals surface area contributed by atoms with Crippen LogP contribution < -0.4 is 0 Å². The van der Waals surface area contributed by atoms with Crippen LogP contribution in [0.2, 0.25) is 10.6 Å². The molecule has 0 unspecified atom stereocenters. The molecule has 0 aromatic carbocycles. The number of carbonyl (C=O) groups excluding carboxylic acids is 2. The van der Waals surface area contributed by atoms with E-state index in [0.29, 0.717) is 23.9 Å². The summed E-state index contributed by atoms with van der Waals surface area (Å²) >= 11 is -0.0293. The van der Waals surface area contributed by atoms with Gasteiger partial charge in [0, 0.05) is 0 Å². The van der Waals surface area contributed by atoms with Gasteiger partial charge in [0.2, 0.25) is 0 Å². The zero-order chi connectivity index (χ0) is 10.1. The Labute approximate surface area is 84.1 Å². The van der Waals surface area contributed by atoms with Gasteiger partial charge < -0.3 is 0 Å². The van der Waals surface area contributed by atoms with Gasteiger partial charge >= 0.3 is 83.7 Å². The van der Waals surface area contributed by atoms with Crippen LogP contribution in [0.25, 0.3) is 0 Å². The van der Waals surface area contributed by atoms with Crippen molar-refractivity contribution in [3.05, 3.63) is 0 Å². The first kappa shape index (κ1) is 12.5. The van der Waals surface area contributed by atoms with Crippen LogP contribution in [-0.2, 0) is 19.1 Å². The summed E-state index contributed by atoms with van der Waals surface area (Å²) in [5.74, 6) is -0.460. The molecule has 0 bridgehead atoms. The van der Waals surface area contributed by atoms with Gasteiger partial charge in [-0.1, -0.05) is 0 Å². The normalized spacial score (nSPS) is 9.38. The molecule has 0 aromatic heterocycles. The second kappa shape index (κ2) is 8.08. The van der Waals surface area contributed by atoms with Crippen LogP contribution in [0, 0.1) is 0 Å². The molecule has 5 heteroatoms. The van der Waals surface area contributed by atoms with Gasteiger partial charge in [-0.05, 0) is 0 Å². The summed E-state index contributed by atoms with van der Waals surface area (Å²) < 4.78 is 9.42. The Morgan fingerprint density at radius 3 is 1.69 bits per heavy atom. The zero-order valence-corrected chi connectivity index (χ0v) is 9.58. The molecule has 0 heterocycles. The summed E-state index contributed by atoms with van der Waals surface area (Å²) in [6, 6.07) is 0. The Morgan fingerprint density at radius 2 is 1.38 bits per heavy atom. The SMILES string of the molecule is CCOC(=O)C[Se]CC(=O)OCC. The predicted octanol–water partition coefficient (Wildman–Crippen LogP) is 0.653. The first-order chi connectivity index (χ1) is 6.20. The summed E-state index contributed by atoms with van der Waals surface area (Å²) in [6.45, 7) is 4.31. The van der Waals surface area contributed by atoms with E-state index in [1.54, 1.807) is 13.8 Å². The van der Waals surface area contributed by atoms with E-state index < -0.39 is 0 Å². The Bertz CT molecular complexity index is 152. The summed E-state index contributed by atoms with van der Waals surface area (Å²) in [5, 5.41) is 0.694. The second-order valence-electron chi connectivity index (χ2n) is 2.10. The van der Waals surface area contributed by atoms with Gasteiger partial charge in [-0.25, -0.2) is 0 Å². The monoisotopic (exact) mass is 254 g/mol. The average Bonchev–Trinajstić information content (AvgIpc) is 2.05. The van der Waals surface area contributed by atoms with E-state index in [2.05, 4.69) is 0 Å².